The Hall–Kier alpha value is -3.55. The molecule has 0 spiro atoms. The maximum Gasteiger partial charge on any atom is 0.247 e. The molecule has 31 heavy (non-hydrogen) atoms. The summed E-state index contributed by atoms with van der Waals surface area (Å²) in [5.74, 6) is 2.36. The Kier molecular flexibility index (Phi) is 6.06. The summed E-state index contributed by atoms with van der Waals surface area (Å²) in [6.45, 7) is 6.40. The quantitative estimate of drug-likeness (QED) is 0.617. The lowest BCUT2D eigenvalue weighted by Gasteiger charge is -2.35. The molecule has 0 aromatic carbocycles. The lowest BCUT2D eigenvalue weighted by Crippen LogP contribution is -2.38. The molecule has 8 heteroatoms. The highest BCUT2D eigenvalue weighted by molar-refractivity contribution is 5.91. The van der Waals surface area contributed by atoms with E-state index in [4.69, 9.17) is 4.42 Å². The number of furan rings is 1. The van der Waals surface area contributed by atoms with E-state index in [1.165, 1.54) is 0 Å². The van der Waals surface area contributed by atoms with Crippen molar-refractivity contribution in [1.82, 2.24) is 24.8 Å². The molecule has 8 nitrogen and oxygen atoms in total. The number of carbonyl (C=O) groups excluding carboxylic acids is 1. The summed E-state index contributed by atoms with van der Waals surface area (Å²) in [5.41, 5.74) is 2.58. The molecular weight excluding hydrogens is 392 g/mol. The maximum absolute atomic E-state index is 12.9. The van der Waals surface area contributed by atoms with E-state index in [9.17, 15) is 4.79 Å². The van der Waals surface area contributed by atoms with Crippen molar-refractivity contribution in [3.63, 3.8) is 0 Å². The maximum atomic E-state index is 12.9. The summed E-state index contributed by atoms with van der Waals surface area (Å²) < 4.78 is 5.29. The molecule has 160 valence electrons. The van der Waals surface area contributed by atoms with Gasteiger partial charge in [0.15, 0.2) is 0 Å². The molecule has 4 rings (SSSR count). The zero-order chi connectivity index (χ0) is 21.8. The molecular formula is C23H26N6O2. The van der Waals surface area contributed by atoms with Crippen molar-refractivity contribution in [3.05, 3.63) is 65.3 Å². The molecule has 0 saturated carbocycles. The average Bonchev–Trinajstić information content (AvgIpc) is 3.24. The molecule has 1 atom stereocenters. The van der Waals surface area contributed by atoms with Crippen LogP contribution in [0.1, 0.15) is 54.0 Å². The predicted molar refractivity (Wildman–Crippen MR) is 118 cm³/mol. The van der Waals surface area contributed by atoms with Gasteiger partial charge in [-0.2, -0.15) is 0 Å². The Bertz CT molecular complexity index is 1070. The highest BCUT2D eigenvalue weighted by atomic mass is 16.3. The van der Waals surface area contributed by atoms with Gasteiger partial charge in [0.1, 0.15) is 17.4 Å². The summed E-state index contributed by atoms with van der Waals surface area (Å²) >= 11 is 0. The largest absolute Gasteiger partial charge is 0.465 e. The molecule has 0 aliphatic carbocycles. The molecule has 3 aromatic heterocycles. The van der Waals surface area contributed by atoms with Gasteiger partial charge in [-0.05, 0) is 64.3 Å². The van der Waals surface area contributed by atoms with Gasteiger partial charge < -0.3 is 14.6 Å². The molecule has 0 bridgehead atoms. The highest BCUT2D eigenvalue weighted by Gasteiger charge is 2.28. The van der Waals surface area contributed by atoms with E-state index in [-0.39, 0.29) is 11.9 Å². The van der Waals surface area contributed by atoms with Crippen molar-refractivity contribution in [2.45, 2.75) is 46.1 Å². The zero-order valence-electron chi connectivity index (χ0n) is 18.0. The summed E-state index contributed by atoms with van der Waals surface area (Å²) in [5, 5.41) is 3.19. The van der Waals surface area contributed by atoms with Crippen LogP contribution in [-0.4, -0.2) is 37.3 Å². The molecule has 1 aliphatic rings. The fourth-order valence-electron chi connectivity index (χ4n) is 3.86. The van der Waals surface area contributed by atoms with Gasteiger partial charge in [0.05, 0.1) is 18.0 Å². The standard InChI is InChI=1S/C23H26N6O2/c1-15-13-16(2)25-23(24-15)28-21-14-19(26-17(3)27-21)20-8-4-5-11-29(20)22(30)10-9-18-7-6-12-31-18/h6-7,9-10,12-14,20H,4-5,8,11H2,1-3H3,(H,24,25,26,27,28)/b10-9+/t20-/m0/s1. The van der Waals surface area contributed by atoms with Crippen LogP contribution in [0.4, 0.5) is 11.8 Å². The summed E-state index contributed by atoms with van der Waals surface area (Å²) in [6, 6.07) is 7.32. The Morgan fingerprint density at radius 1 is 1.13 bits per heavy atom. The minimum Gasteiger partial charge on any atom is -0.465 e. The molecule has 1 amide bonds. The normalized spacial score (nSPS) is 16.6. The average molecular weight is 419 g/mol. The van der Waals surface area contributed by atoms with E-state index >= 15 is 0 Å². The SMILES string of the molecule is Cc1cc(C)nc(Nc2cc([C@@H]3CCCCN3C(=O)/C=C/c3ccco3)nc(C)n2)n1. The second kappa shape index (κ2) is 9.07. The minimum atomic E-state index is -0.107. The second-order valence-corrected chi connectivity index (χ2v) is 7.72. The van der Waals surface area contributed by atoms with E-state index in [0.29, 0.717) is 29.9 Å². The van der Waals surface area contributed by atoms with Gasteiger partial charge in [0.2, 0.25) is 11.9 Å². The van der Waals surface area contributed by atoms with E-state index in [2.05, 4.69) is 25.3 Å². The van der Waals surface area contributed by atoms with Gasteiger partial charge in [-0.15, -0.1) is 0 Å². The van der Waals surface area contributed by atoms with Gasteiger partial charge in [-0.25, -0.2) is 19.9 Å². The van der Waals surface area contributed by atoms with E-state index < -0.39 is 0 Å². The monoisotopic (exact) mass is 418 g/mol. The summed E-state index contributed by atoms with van der Waals surface area (Å²) in [4.78, 5) is 32.8. The fourth-order valence-corrected chi connectivity index (χ4v) is 3.86. The molecule has 1 saturated heterocycles. The molecule has 1 aliphatic heterocycles. The predicted octanol–water partition coefficient (Wildman–Crippen LogP) is 4.30. The first kappa shape index (κ1) is 20.7. The van der Waals surface area contributed by atoms with Crippen LogP contribution >= 0.6 is 0 Å². The highest BCUT2D eigenvalue weighted by Crippen LogP contribution is 2.31. The van der Waals surface area contributed by atoms with Crippen molar-refractivity contribution in [2.24, 2.45) is 0 Å². The first-order chi connectivity index (χ1) is 15.0. The van der Waals surface area contributed by atoms with Gasteiger partial charge in [0, 0.05) is 30.1 Å². The van der Waals surface area contributed by atoms with Crippen LogP contribution in [0.5, 0.6) is 0 Å². The topological polar surface area (TPSA) is 97.0 Å². The number of nitrogens with one attached hydrogen (secondary N) is 1. The smallest absolute Gasteiger partial charge is 0.247 e. The van der Waals surface area contributed by atoms with Crippen molar-refractivity contribution >= 4 is 23.7 Å². The van der Waals surface area contributed by atoms with E-state index in [0.717, 1.165) is 36.3 Å². The first-order valence-electron chi connectivity index (χ1n) is 10.4. The molecule has 3 aromatic rings. The number of carbonyl (C=O) groups is 1. The summed E-state index contributed by atoms with van der Waals surface area (Å²) in [7, 11) is 0. The number of rotatable bonds is 5. The number of hydrogen-bond acceptors (Lipinski definition) is 7. The fraction of sp³-hybridized carbons (Fsp3) is 0.348. The van der Waals surface area contributed by atoms with Crippen molar-refractivity contribution in [3.8, 4) is 0 Å². The van der Waals surface area contributed by atoms with Crippen LogP contribution in [0.2, 0.25) is 0 Å². The number of anilines is 2. The van der Waals surface area contributed by atoms with Crippen molar-refractivity contribution < 1.29 is 9.21 Å². The Morgan fingerprint density at radius 2 is 1.94 bits per heavy atom. The van der Waals surface area contributed by atoms with E-state index in [1.807, 2.05) is 43.9 Å². The molecule has 0 radical (unpaired) electrons. The van der Waals surface area contributed by atoms with Crippen LogP contribution in [0.15, 0.2) is 41.0 Å². The zero-order valence-corrected chi connectivity index (χ0v) is 18.0. The molecule has 1 fully saturated rings. The molecule has 1 N–H and O–H groups in total. The Labute approximate surface area is 181 Å². The van der Waals surface area contributed by atoms with Crippen LogP contribution in [0.25, 0.3) is 6.08 Å². The molecule has 0 unspecified atom stereocenters. The van der Waals surface area contributed by atoms with Gasteiger partial charge >= 0.3 is 0 Å². The lowest BCUT2D eigenvalue weighted by atomic mass is 9.98. The number of piperidine rings is 1. The minimum absolute atomic E-state index is 0.0514. The van der Waals surface area contributed by atoms with Gasteiger partial charge in [-0.1, -0.05) is 0 Å². The number of amides is 1. The number of aryl methyl sites for hydroxylation is 3. The van der Waals surface area contributed by atoms with Crippen LogP contribution in [0.3, 0.4) is 0 Å². The number of nitrogens with zero attached hydrogens (tertiary/aromatic N) is 5. The first-order valence-corrected chi connectivity index (χ1v) is 10.4. The second-order valence-electron chi connectivity index (χ2n) is 7.72. The van der Waals surface area contributed by atoms with Crippen molar-refractivity contribution in [2.75, 3.05) is 11.9 Å². The van der Waals surface area contributed by atoms with E-state index in [1.54, 1.807) is 24.5 Å². The Balaban J connectivity index is 1.58. The number of likely N-dealkylation sites (tertiary alicyclic amines) is 1. The van der Waals surface area contributed by atoms with Gasteiger partial charge in [0.25, 0.3) is 0 Å². The van der Waals surface area contributed by atoms with Crippen LogP contribution in [0, 0.1) is 20.8 Å². The molecule has 4 heterocycles. The third kappa shape index (κ3) is 5.14. The van der Waals surface area contributed by atoms with Crippen LogP contribution < -0.4 is 5.32 Å². The summed E-state index contributed by atoms with van der Waals surface area (Å²) in [6.07, 6.45) is 7.73. The Morgan fingerprint density at radius 3 is 2.68 bits per heavy atom. The number of aromatic nitrogens is 4. The lowest BCUT2D eigenvalue weighted by molar-refractivity contribution is -0.129. The van der Waals surface area contributed by atoms with Crippen LogP contribution in [-0.2, 0) is 4.79 Å². The third-order valence-corrected chi connectivity index (χ3v) is 5.14. The van der Waals surface area contributed by atoms with Gasteiger partial charge in [-0.3, -0.25) is 4.79 Å². The number of hydrogen-bond donors (Lipinski definition) is 1. The van der Waals surface area contributed by atoms with Crippen molar-refractivity contribution in [1.29, 1.82) is 0 Å². The third-order valence-electron chi connectivity index (χ3n) is 5.14.